The quantitative estimate of drug-likeness (QED) is 0.915. The van der Waals surface area contributed by atoms with Gasteiger partial charge in [0.2, 0.25) is 10.0 Å². The molecule has 102 valence electrons. The van der Waals surface area contributed by atoms with Crippen molar-refractivity contribution in [3.05, 3.63) is 29.6 Å². The average Bonchev–Trinajstić information content (AvgIpc) is 2.18. The molecule has 0 aliphatic heterocycles. The first-order valence-electron chi connectivity index (χ1n) is 5.96. The van der Waals surface area contributed by atoms with E-state index in [0.717, 1.165) is 0 Å². The topological polar surface area (TPSA) is 46.2 Å². The third kappa shape index (κ3) is 3.98. The molecule has 1 N–H and O–H groups in total. The van der Waals surface area contributed by atoms with Crippen molar-refractivity contribution in [2.75, 3.05) is 10.5 Å². The van der Waals surface area contributed by atoms with Crippen molar-refractivity contribution in [1.29, 1.82) is 0 Å². The zero-order chi connectivity index (χ0) is 14.0. The molecule has 0 saturated carbocycles. The molecule has 0 spiro atoms. The SMILES string of the molecule is CCCS(=O)(=O)Nc1ccc(F)c(C(C)(C)C)c1. The van der Waals surface area contributed by atoms with Gasteiger partial charge in [0.1, 0.15) is 5.82 Å². The molecule has 0 fully saturated rings. The van der Waals surface area contributed by atoms with Crippen LogP contribution in [-0.2, 0) is 15.4 Å². The van der Waals surface area contributed by atoms with Crippen LogP contribution in [0.2, 0.25) is 0 Å². The van der Waals surface area contributed by atoms with Crippen LogP contribution >= 0.6 is 0 Å². The number of anilines is 1. The first-order valence-corrected chi connectivity index (χ1v) is 7.61. The van der Waals surface area contributed by atoms with Gasteiger partial charge in [-0.3, -0.25) is 4.72 Å². The molecule has 0 atom stereocenters. The molecule has 1 aromatic rings. The number of hydrogen-bond acceptors (Lipinski definition) is 2. The number of nitrogens with one attached hydrogen (secondary N) is 1. The lowest BCUT2D eigenvalue weighted by molar-refractivity contribution is 0.523. The van der Waals surface area contributed by atoms with Crippen LogP contribution in [0.3, 0.4) is 0 Å². The van der Waals surface area contributed by atoms with Crippen LogP contribution in [0.5, 0.6) is 0 Å². The molecular formula is C13H20FNO2S. The van der Waals surface area contributed by atoms with Crippen molar-refractivity contribution in [2.45, 2.75) is 39.5 Å². The number of halogens is 1. The number of hydrogen-bond donors (Lipinski definition) is 1. The van der Waals surface area contributed by atoms with Gasteiger partial charge in [-0.15, -0.1) is 0 Å². The van der Waals surface area contributed by atoms with Gasteiger partial charge < -0.3 is 0 Å². The van der Waals surface area contributed by atoms with E-state index < -0.39 is 10.0 Å². The monoisotopic (exact) mass is 273 g/mol. The fourth-order valence-electron chi connectivity index (χ4n) is 1.66. The Balaban J connectivity index is 3.07. The highest BCUT2D eigenvalue weighted by Crippen LogP contribution is 2.27. The predicted octanol–water partition coefficient (Wildman–Crippen LogP) is 3.27. The minimum Gasteiger partial charge on any atom is -0.284 e. The Kier molecular flexibility index (Phi) is 4.37. The Morgan fingerprint density at radius 1 is 1.28 bits per heavy atom. The molecule has 0 saturated heterocycles. The second-order valence-corrected chi connectivity index (χ2v) is 7.21. The zero-order valence-electron chi connectivity index (χ0n) is 11.2. The summed E-state index contributed by atoms with van der Waals surface area (Å²) < 4.78 is 39.4. The maximum atomic E-state index is 13.7. The Morgan fingerprint density at radius 3 is 2.39 bits per heavy atom. The van der Waals surface area contributed by atoms with E-state index in [1.807, 2.05) is 20.8 Å². The summed E-state index contributed by atoms with van der Waals surface area (Å²) in [7, 11) is -3.33. The van der Waals surface area contributed by atoms with E-state index in [2.05, 4.69) is 4.72 Å². The standard InChI is InChI=1S/C13H20FNO2S/c1-5-8-18(16,17)15-10-6-7-12(14)11(9-10)13(2,3)4/h6-7,9,15H,5,8H2,1-4H3. The second-order valence-electron chi connectivity index (χ2n) is 5.37. The van der Waals surface area contributed by atoms with Crippen LogP contribution in [-0.4, -0.2) is 14.2 Å². The smallest absolute Gasteiger partial charge is 0.232 e. The summed E-state index contributed by atoms with van der Waals surface area (Å²) in [5.41, 5.74) is 0.546. The van der Waals surface area contributed by atoms with Gasteiger partial charge in [-0.05, 0) is 35.6 Å². The van der Waals surface area contributed by atoms with E-state index in [4.69, 9.17) is 0 Å². The molecule has 0 radical (unpaired) electrons. The van der Waals surface area contributed by atoms with Gasteiger partial charge >= 0.3 is 0 Å². The molecular weight excluding hydrogens is 253 g/mol. The molecule has 0 aromatic heterocycles. The maximum absolute atomic E-state index is 13.7. The highest BCUT2D eigenvalue weighted by molar-refractivity contribution is 7.92. The lowest BCUT2D eigenvalue weighted by Gasteiger charge is -2.21. The molecule has 0 aliphatic carbocycles. The second kappa shape index (κ2) is 5.26. The van der Waals surface area contributed by atoms with Gasteiger partial charge in [0, 0.05) is 5.69 Å². The third-order valence-electron chi connectivity index (χ3n) is 2.52. The summed E-state index contributed by atoms with van der Waals surface area (Å²) in [6.07, 6.45) is 0.544. The van der Waals surface area contributed by atoms with Crippen molar-refractivity contribution in [3.8, 4) is 0 Å². The van der Waals surface area contributed by atoms with E-state index in [-0.39, 0.29) is 17.0 Å². The fraction of sp³-hybridized carbons (Fsp3) is 0.538. The van der Waals surface area contributed by atoms with E-state index in [9.17, 15) is 12.8 Å². The highest BCUT2D eigenvalue weighted by Gasteiger charge is 2.19. The number of rotatable bonds is 4. The molecule has 5 heteroatoms. The number of benzene rings is 1. The molecule has 3 nitrogen and oxygen atoms in total. The lowest BCUT2D eigenvalue weighted by atomic mass is 9.86. The molecule has 1 rings (SSSR count). The van der Waals surface area contributed by atoms with Crippen LogP contribution in [0.4, 0.5) is 10.1 Å². The van der Waals surface area contributed by atoms with Gasteiger partial charge in [0.05, 0.1) is 5.75 Å². The average molecular weight is 273 g/mol. The van der Waals surface area contributed by atoms with E-state index in [1.54, 1.807) is 13.0 Å². The summed E-state index contributed by atoms with van der Waals surface area (Å²) in [4.78, 5) is 0. The van der Waals surface area contributed by atoms with Crippen LogP contribution in [0.15, 0.2) is 18.2 Å². The van der Waals surface area contributed by atoms with Gasteiger partial charge in [-0.1, -0.05) is 27.7 Å². The van der Waals surface area contributed by atoms with Crippen LogP contribution in [0.25, 0.3) is 0 Å². The molecule has 18 heavy (non-hydrogen) atoms. The lowest BCUT2D eigenvalue weighted by Crippen LogP contribution is -2.18. The molecule has 0 aliphatic rings. The zero-order valence-corrected chi connectivity index (χ0v) is 12.1. The summed E-state index contributed by atoms with van der Waals surface area (Å²) in [5.74, 6) is -0.254. The van der Waals surface area contributed by atoms with Crippen molar-refractivity contribution >= 4 is 15.7 Å². The molecule has 0 amide bonds. The summed E-state index contributed by atoms with van der Waals surface area (Å²) in [5, 5.41) is 0. The predicted molar refractivity (Wildman–Crippen MR) is 72.8 cm³/mol. The first kappa shape index (κ1) is 15.0. The van der Waals surface area contributed by atoms with Gasteiger partial charge in [0.15, 0.2) is 0 Å². The van der Waals surface area contributed by atoms with Crippen LogP contribution < -0.4 is 4.72 Å². The van der Waals surface area contributed by atoms with Crippen molar-refractivity contribution in [3.63, 3.8) is 0 Å². The van der Waals surface area contributed by atoms with E-state index in [1.165, 1.54) is 12.1 Å². The Bertz CT molecular complexity index is 518. The molecule has 0 heterocycles. The van der Waals surface area contributed by atoms with Crippen LogP contribution in [0.1, 0.15) is 39.7 Å². The molecule has 0 unspecified atom stereocenters. The van der Waals surface area contributed by atoms with Gasteiger partial charge in [0.25, 0.3) is 0 Å². The Morgan fingerprint density at radius 2 is 1.89 bits per heavy atom. The molecule has 0 bridgehead atoms. The fourth-order valence-corrected chi connectivity index (χ4v) is 2.79. The summed E-state index contributed by atoms with van der Waals surface area (Å²) >= 11 is 0. The molecule has 1 aromatic carbocycles. The third-order valence-corrected chi connectivity index (χ3v) is 4.01. The van der Waals surface area contributed by atoms with Gasteiger partial charge in [-0.2, -0.15) is 0 Å². The van der Waals surface area contributed by atoms with E-state index in [0.29, 0.717) is 17.7 Å². The first-order chi connectivity index (χ1) is 8.15. The largest absolute Gasteiger partial charge is 0.284 e. The normalized spacial score (nSPS) is 12.5. The van der Waals surface area contributed by atoms with E-state index >= 15 is 0 Å². The maximum Gasteiger partial charge on any atom is 0.232 e. The Hall–Kier alpha value is -1.10. The summed E-state index contributed by atoms with van der Waals surface area (Å²) in [6.45, 7) is 7.45. The summed E-state index contributed by atoms with van der Waals surface area (Å²) in [6, 6.07) is 4.30. The highest BCUT2D eigenvalue weighted by atomic mass is 32.2. The van der Waals surface area contributed by atoms with Crippen molar-refractivity contribution in [2.24, 2.45) is 0 Å². The van der Waals surface area contributed by atoms with Gasteiger partial charge in [-0.25, -0.2) is 12.8 Å². The minimum atomic E-state index is -3.33. The van der Waals surface area contributed by atoms with Crippen LogP contribution in [0, 0.1) is 5.82 Å². The van der Waals surface area contributed by atoms with Crippen molar-refractivity contribution in [1.82, 2.24) is 0 Å². The number of sulfonamides is 1. The minimum absolute atomic E-state index is 0.0647. The van der Waals surface area contributed by atoms with Crippen molar-refractivity contribution < 1.29 is 12.8 Å². The Labute approximate surface area is 108 Å².